The molecule has 1 N–H and O–H groups in total. The molecule has 4 nitrogen and oxygen atoms in total. The van der Waals surface area contributed by atoms with E-state index in [1.54, 1.807) is 0 Å². The monoisotopic (exact) mass is 313 g/mol. The minimum absolute atomic E-state index is 0.248. The van der Waals surface area contributed by atoms with Crippen LogP contribution in [0.3, 0.4) is 0 Å². The van der Waals surface area contributed by atoms with Crippen molar-refractivity contribution < 1.29 is 4.52 Å². The van der Waals surface area contributed by atoms with E-state index in [4.69, 9.17) is 4.52 Å². The van der Waals surface area contributed by atoms with Crippen molar-refractivity contribution in [3.05, 3.63) is 11.7 Å². The normalized spacial score (nSPS) is 38.9. The van der Waals surface area contributed by atoms with Crippen LogP contribution in [-0.4, -0.2) is 32.9 Å². The van der Waals surface area contributed by atoms with Gasteiger partial charge in [0, 0.05) is 16.3 Å². The number of piperidine rings is 1. The first-order valence-corrected chi connectivity index (χ1v) is 9.46. The van der Waals surface area contributed by atoms with Gasteiger partial charge < -0.3 is 9.84 Å². The lowest BCUT2D eigenvalue weighted by atomic mass is 9.94. The van der Waals surface area contributed by atoms with Gasteiger partial charge in [0.1, 0.15) is 0 Å². The van der Waals surface area contributed by atoms with E-state index in [1.165, 1.54) is 6.42 Å². The highest BCUT2D eigenvalue weighted by Gasteiger charge is 2.31. The van der Waals surface area contributed by atoms with Crippen molar-refractivity contribution in [1.29, 1.82) is 0 Å². The van der Waals surface area contributed by atoms with Crippen LogP contribution >= 0.6 is 23.5 Å². The Morgan fingerprint density at radius 1 is 1.25 bits per heavy atom. The zero-order valence-corrected chi connectivity index (χ0v) is 14.0. The molecule has 0 bridgehead atoms. The number of aromatic nitrogens is 2. The smallest absolute Gasteiger partial charge is 0.243 e. The minimum atomic E-state index is 0.248. The van der Waals surface area contributed by atoms with Gasteiger partial charge in [-0.3, -0.25) is 0 Å². The number of nitrogens with zero attached hydrogens (tertiary/aromatic N) is 2. The fourth-order valence-corrected chi connectivity index (χ4v) is 5.57. The van der Waals surface area contributed by atoms with Gasteiger partial charge in [-0.1, -0.05) is 25.9 Å². The van der Waals surface area contributed by atoms with Crippen molar-refractivity contribution in [1.82, 2.24) is 15.5 Å². The Kier molecular flexibility index (Phi) is 4.62. The second-order valence-corrected chi connectivity index (χ2v) is 8.99. The summed E-state index contributed by atoms with van der Waals surface area (Å²) < 4.78 is 5.52. The molecule has 20 heavy (non-hydrogen) atoms. The van der Waals surface area contributed by atoms with Crippen LogP contribution in [0.5, 0.6) is 0 Å². The molecule has 3 rings (SSSR count). The highest BCUT2D eigenvalue weighted by molar-refractivity contribution is 8.07. The third kappa shape index (κ3) is 3.17. The van der Waals surface area contributed by atoms with Gasteiger partial charge in [0.25, 0.3) is 0 Å². The molecular weight excluding hydrogens is 290 g/mol. The quantitative estimate of drug-likeness (QED) is 0.903. The van der Waals surface area contributed by atoms with E-state index < -0.39 is 0 Å². The van der Waals surface area contributed by atoms with Crippen LogP contribution in [-0.2, 0) is 0 Å². The molecule has 0 aliphatic carbocycles. The summed E-state index contributed by atoms with van der Waals surface area (Å²) >= 11 is 4.00. The van der Waals surface area contributed by atoms with Crippen LogP contribution in [0.2, 0.25) is 0 Å². The van der Waals surface area contributed by atoms with E-state index in [-0.39, 0.29) is 6.04 Å². The first kappa shape index (κ1) is 14.7. The second kappa shape index (κ2) is 6.28. The number of rotatable bonds is 2. The van der Waals surface area contributed by atoms with Crippen molar-refractivity contribution in [2.24, 2.45) is 5.92 Å². The number of nitrogens with one attached hydrogen (secondary N) is 1. The van der Waals surface area contributed by atoms with Gasteiger partial charge in [-0.2, -0.15) is 16.7 Å². The van der Waals surface area contributed by atoms with E-state index >= 15 is 0 Å². The van der Waals surface area contributed by atoms with Gasteiger partial charge in [-0.25, -0.2) is 0 Å². The van der Waals surface area contributed by atoms with Crippen LogP contribution in [0.1, 0.15) is 56.6 Å². The lowest BCUT2D eigenvalue weighted by Gasteiger charge is -2.29. The Bertz CT molecular complexity index is 453. The third-order valence-corrected chi connectivity index (χ3v) is 7.65. The summed E-state index contributed by atoms with van der Waals surface area (Å²) in [5.41, 5.74) is 0. The first-order chi connectivity index (χ1) is 9.63. The van der Waals surface area contributed by atoms with Crippen molar-refractivity contribution >= 4 is 23.5 Å². The lowest BCUT2D eigenvalue weighted by Crippen LogP contribution is -2.31. The molecule has 2 saturated heterocycles. The SMILES string of the molecule is CC1CCNC(c2nc(C3CSC(C)C(C)S3)no2)C1. The molecule has 0 aromatic carbocycles. The molecule has 0 amide bonds. The maximum Gasteiger partial charge on any atom is 0.243 e. The van der Waals surface area contributed by atoms with E-state index in [9.17, 15) is 0 Å². The van der Waals surface area contributed by atoms with E-state index in [0.717, 1.165) is 36.4 Å². The summed E-state index contributed by atoms with van der Waals surface area (Å²) in [5.74, 6) is 3.49. The summed E-state index contributed by atoms with van der Waals surface area (Å²) in [6, 6.07) is 0.248. The molecule has 1 aromatic rings. The molecule has 0 radical (unpaired) electrons. The Hall–Kier alpha value is -0.200. The summed E-state index contributed by atoms with van der Waals surface area (Å²) in [6.45, 7) is 7.93. The molecule has 2 fully saturated rings. The number of hydrogen-bond acceptors (Lipinski definition) is 6. The molecule has 112 valence electrons. The van der Waals surface area contributed by atoms with Crippen LogP contribution in [0, 0.1) is 5.92 Å². The Balaban J connectivity index is 1.67. The Morgan fingerprint density at radius 3 is 2.85 bits per heavy atom. The zero-order chi connectivity index (χ0) is 14.1. The molecule has 2 aliphatic rings. The molecule has 0 saturated carbocycles. The predicted molar refractivity (Wildman–Crippen MR) is 85.2 cm³/mol. The third-order valence-electron chi connectivity index (χ3n) is 4.26. The Labute approximate surface area is 129 Å². The van der Waals surface area contributed by atoms with Gasteiger partial charge in [0.05, 0.1) is 11.3 Å². The van der Waals surface area contributed by atoms with E-state index in [0.29, 0.717) is 15.7 Å². The van der Waals surface area contributed by atoms with Gasteiger partial charge in [0.2, 0.25) is 5.89 Å². The average Bonchev–Trinajstić information content (AvgIpc) is 2.92. The lowest BCUT2D eigenvalue weighted by molar-refractivity contribution is 0.259. The largest absolute Gasteiger partial charge is 0.338 e. The summed E-state index contributed by atoms with van der Waals surface area (Å²) in [6.07, 6.45) is 2.34. The molecule has 5 unspecified atom stereocenters. The van der Waals surface area contributed by atoms with Crippen LogP contribution in [0.4, 0.5) is 0 Å². The van der Waals surface area contributed by atoms with Gasteiger partial charge in [-0.15, -0.1) is 11.8 Å². The fourth-order valence-electron chi connectivity index (χ4n) is 2.73. The maximum atomic E-state index is 5.52. The molecule has 5 atom stereocenters. The first-order valence-electron chi connectivity index (χ1n) is 7.47. The number of thioether (sulfide) groups is 2. The topological polar surface area (TPSA) is 51.0 Å². The van der Waals surface area contributed by atoms with Crippen molar-refractivity contribution in [3.63, 3.8) is 0 Å². The summed E-state index contributed by atoms with van der Waals surface area (Å²) in [4.78, 5) is 4.68. The maximum absolute atomic E-state index is 5.52. The molecule has 0 spiro atoms. The average molecular weight is 313 g/mol. The highest BCUT2D eigenvalue weighted by atomic mass is 32.2. The summed E-state index contributed by atoms with van der Waals surface area (Å²) in [5, 5.41) is 9.47. The van der Waals surface area contributed by atoms with Crippen LogP contribution in [0.25, 0.3) is 0 Å². The van der Waals surface area contributed by atoms with E-state index in [2.05, 4.69) is 36.2 Å². The molecule has 3 heterocycles. The Morgan fingerprint density at radius 2 is 2.10 bits per heavy atom. The highest BCUT2D eigenvalue weighted by Crippen LogP contribution is 2.43. The van der Waals surface area contributed by atoms with Crippen molar-refractivity contribution in [2.45, 2.75) is 55.4 Å². The summed E-state index contributed by atoms with van der Waals surface area (Å²) in [7, 11) is 0. The van der Waals surface area contributed by atoms with Gasteiger partial charge in [0.15, 0.2) is 5.82 Å². The zero-order valence-electron chi connectivity index (χ0n) is 12.3. The second-order valence-electron chi connectivity index (χ2n) is 6.00. The standard InChI is InChI=1S/C14H23N3OS2/c1-8-4-5-15-11(6-8)14-16-13(17-18-14)12-7-19-9(2)10(3)20-12/h8-12,15H,4-7H2,1-3H3. The van der Waals surface area contributed by atoms with Crippen molar-refractivity contribution in [2.75, 3.05) is 12.3 Å². The van der Waals surface area contributed by atoms with Gasteiger partial charge >= 0.3 is 0 Å². The molecular formula is C14H23N3OS2. The predicted octanol–water partition coefficient (Wildman–Crippen LogP) is 3.43. The van der Waals surface area contributed by atoms with Crippen molar-refractivity contribution in [3.8, 4) is 0 Å². The minimum Gasteiger partial charge on any atom is -0.338 e. The van der Waals surface area contributed by atoms with E-state index in [1.807, 2.05) is 23.5 Å². The van der Waals surface area contributed by atoms with Crippen LogP contribution in [0.15, 0.2) is 4.52 Å². The molecule has 6 heteroatoms. The molecule has 1 aromatic heterocycles. The molecule has 2 aliphatic heterocycles. The van der Waals surface area contributed by atoms with Crippen LogP contribution < -0.4 is 5.32 Å². The number of hydrogen-bond donors (Lipinski definition) is 1. The fraction of sp³-hybridized carbons (Fsp3) is 0.857. The van der Waals surface area contributed by atoms with Gasteiger partial charge in [-0.05, 0) is 25.3 Å².